The first-order valence-corrected chi connectivity index (χ1v) is 5.72. The number of amides is 1. The molecule has 1 amide bonds. The zero-order valence-electron chi connectivity index (χ0n) is 10.7. The van der Waals surface area contributed by atoms with Gasteiger partial charge < -0.3 is 19.5 Å². The van der Waals surface area contributed by atoms with E-state index < -0.39 is 0 Å². The average molecular weight is 264 g/mol. The molecule has 0 aliphatic heterocycles. The van der Waals surface area contributed by atoms with E-state index in [1.807, 2.05) is 6.07 Å². The number of ether oxygens (including phenoxy) is 3. The summed E-state index contributed by atoms with van der Waals surface area (Å²) in [6.07, 6.45) is 0. The molecule has 0 aromatic heterocycles. The van der Waals surface area contributed by atoms with E-state index in [1.54, 1.807) is 31.4 Å². The van der Waals surface area contributed by atoms with Gasteiger partial charge in [0.25, 0.3) is 0 Å². The number of hydrogen-bond donors (Lipinski definition) is 1. The number of nitrogens with zero attached hydrogens (tertiary/aromatic N) is 1. The van der Waals surface area contributed by atoms with Crippen LogP contribution < -0.4 is 10.1 Å². The van der Waals surface area contributed by atoms with Crippen molar-refractivity contribution in [3.63, 3.8) is 0 Å². The number of hydrogen-bond acceptors (Lipinski definition) is 5. The molecule has 6 nitrogen and oxygen atoms in total. The summed E-state index contributed by atoms with van der Waals surface area (Å²) in [7, 11) is 1.57. The monoisotopic (exact) mass is 264 g/mol. The summed E-state index contributed by atoms with van der Waals surface area (Å²) in [5, 5.41) is 11.0. The first-order chi connectivity index (χ1) is 9.26. The molecule has 1 N–H and O–H groups in total. The van der Waals surface area contributed by atoms with Crippen LogP contribution in [-0.4, -0.2) is 39.4 Å². The molecule has 0 atom stereocenters. The van der Waals surface area contributed by atoms with Gasteiger partial charge in [0.05, 0.1) is 13.2 Å². The van der Waals surface area contributed by atoms with Gasteiger partial charge in [0, 0.05) is 12.8 Å². The summed E-state index contributed by atoms with van der Waals surface area (Å²) >= 11 is 0. The Kier molecular flexibility index (Phi) is 7.02. The van der Waals surface area contributed by atoms with E-state index >= 15 is 0 Å². The molecule has 0 heterocycles. The van der Waals surface area contributed by atoms with Crippen LogP contribution in [0.3, 0.4) is 0 Å². The molecule has 0 aliphatic carbocycles. The molecular weight excluding hydrogens is 248 g/mol. The fraction of sp³-hybridized carbons (Fsp3) is 0.385. The highest BCUT2D eigenvalue weighted by Crippen LogP contribution is 2.15. The van der Waals surface area contributed by atoms with Crippen molar-refractivity contribution in [2.75, 3.05) is 38.9 Å². The molecule has 0 bridgehead atoms. The smallest absolute Gasteiger partial charge is 0.250 e. The summed E-state index contributed by atoms with van der Waals surface area (Å²) in [5.41, 5.74) is 0.643. The van der Waals surface area contributed by atoms with Crippen LogP contribution in [0.4, 0.5) is 5.69 Å². The first kappa shape index (κ1) is 15.0. The van der Waals surface area contributed by atoms with E-state index in [0.29, 0.717) is 24.7 Å². The van der Waals surface area contributed by atoms with Gasteiger partial charge >= 0.3 is 0 Å². The number of anilines is 1. The van der Waals surface area contributed by atoms with Crippen LogP contribution in [0.5, 0.6) is 5.75 Å². The molecule has 19 heavy (non-hydrogen) atoms. The van der Waals surface area contributed by atoms with Crippen molar-refractivity contribution in [2.45, 2.75) is 0 Å². The molecule has 102 valence electrons. The minimum Gasteiger partial charge on any atom is -0.479 e. The van der Waals surface area contributed by atoms with Crippen LogP contribution in [0.1, 0.15) is 0 Å². The van der Waals surface area contributed by atoms with Gasteiger partial charge in [-0.15, -0.1) is 0 Å². The summed E-state index contributed by atoms with van der Waals surface area (Å²) in [4.78, 5) is 11.5. The molecule has 0 radical (unpaired) electrons. The highest BCUT2D eigenvalue weighted by Gasteiger charge is 2.02. The highest BCUT2D eigenvalue weighted by atomic mass is 16.5. The topological polar surface area (TPSA) is 80.6 Å². The zero-order valence-corrected chi connectivity index (χ0v) is 10.7. The van der Waals surface area contributed by atoms with Crippen LogP contribution in [0.15, 0.2) is 24.3 Å². The first-order valence-electron chi connectivity index (χ1n) is 5.72. The van der Waals surface area contributed by atoms with Gasteiger partial charge in [-0.05, 0) is 24.3 Å². The quantitative estimate of drug-likeness (QED) is 0.713. The number of rotatable bonds is 8. The Bertz CT molecular complexity index is 425. The van der Waals surface area contributed by atoms with Crippen molar-refractivity contribution >= 4 is 11.6 Å². The molecule has 0 saturated carbocycles. The molecule has 0 fully saturated rings. The van der Waals surface area contributed by atoms with E-state index in [9.17, 15) is 4.79 Å². The minimum atomic E-state index is -0.234. The molecule has 1 rings (SSSR count). The van der Waals surface area contributed by atoms with Crippen LogP contribution in [0, 0.1) is 11.3 Å². The second kappa shape index (κ2) is 8.91. The van der Waals surface area contributed by atoms with E-state index in [4.69, 9.17) is 19.5 Å². The number of benzene rings is 1. The number of nitriles is 1. The van der Waals surface area contributed by atoms with Crippen molar-refractivity contribution in [1.29, 1.82) is 5.26 Å². The van der Waals surface area contributed by atoms with Gasteiger partial charge in [-0.2, -0.15) is 5.26 Å². The standard InChI is InChI=1S/C13H16N2O4/c1-17-8-9-18-10-13(16)15-11-2-4-12(5-3-11)19-7-6-14/h2-5H,7-10H2,1H3,(H,15,16). The molecule has 0 saturated heterocycles. The van der Waals surface area contributed by atoms with Crippen LogP contribution in [-0.2, 0) is 14.3 Å². The number of carbonyl (C=O) groups excluding carboxylic acids is 1. The lowest BCUT2D eigenvalue weighted by Gasteiger charge is -2.07. The van der Waals surface area contributed by atoms with E-state index in [0.717, 1.165) is 0 Å². The number of nitrogens with one attached hydrogen (secondary N) is 1. The molecule has 0 unspecified atom stereocenters. The third kappa shape index (κ3) is 6.41. The predicted molar refractivity (Wildman–Crippen MR) is 68.9 cm³/mol. The molecule has 0 spiro atoms. The van der Waals surface area contributed by atoms with Gasteiger partial charge in [0.1, 0.15) is 18.4 Å². The summed E-state index contributed by atoms with van der Waals surface area (Å²) in [6, 6.07) is 8.62. The van der Waals surface area contributed by atoms with Crippen LogP contribution in [0.2, 0.25) is 0 Å². The maximum absolute atomic E-state index is 11.5. The second-order valence-corrected chi connectivity index (χ2v) is 3.56. The fourth-order valence-corrected chi connectivity index (χ4v) is 1.25. The Labute approximate surface area is 111 Å². The maximum atomic E-state index is 11.5. The highest BCUT2D eigenvalue weighted by molar-refractivity contribution is 5.91. The lowest BCUT2D eigenvalue weighted by molar-refractivity contribution is -0.121. The lowest BCUT2D eigenvalue weighted by atomic mass is 10.3. The normalized spacial score (nSPS) is 9.68. The Hall–Kier alpha value is -2.10. The fourth-order valence-electron chi connectivity index (χ4n) is 1.25. The third-order valence-corrected chi connectivity index (χ3v) is 2.11. The van der Waals surface area contributed by atoms with Gasteiger partial charge in [-0.1, -0.05) is 0 Å². The van der Waals surface area contributed by atoms with Crippen molar-refractivity contribution in [3.05, 3.63) is 24.3 Å². The summed E-state index contributed by atoms with van der Waals surface area (Å²) in [5.74, 6) is 0.345. The average Bonchev–Trinajstić information content (AvgIpc) is 2.43. The van der Waals surface area contributed by atoms with Crippen molar-refractivity contribution in [3.8, 4) is 11.8 Å². The Morgan fingerprint density at radius 2 is 2.05 bits per heavy atom. The Morgan fingerprint density at radius 3 is 2.68 bits per heavy atom. The maximum Gasteiger partial charge on any atom is 0.250 e. The number of methoxy groups -OCH3 is 1. The molecule has 0 aliphatic rings. The minimum absolute atomic E-state index is 0.000947. The van der Waals surface area contributed by atoms with E-state index in [2.05, 4.69) is 5.32 Å². The van der Waals surface area contributed by atoms with Crippen LogP contribution in [0.25, 0.3) is 0 Å². The molecular formula is C13H16N2O4. The summed E-state index contributed by atoms with van der Waals surface area (Å²) < 4.78 is 15.0. The Balaban J connectivity index is 2.32. The third-order valence-electron chi connectivity index (χ3n) is 2.11. The molecule has 1 aromatic rings. The predicted octanol–water partition coefficient (Wildman–Crippen LogP) is 1.19. The lowest BCUT2D eigenvalue weighted by Crippen LogP contribution is -2.19. The Morgan fingerprint density at radius 1 is 1.32 bits per heavy atom. The van der Waals surface area contributed by atoms with Gasteiger partial charge in [0.15, 0.2) is 6.61 Å². The molecule has 6 heteroatoms. The van der Waals surface area contributed by atoms with Crippen molar-refractivity contribution in [2.24, 2.45) is 0 Å². The number of carbonyl (C=O) groups is 1. The van der Waals surface area contributed by atoms with Gasteiger partial charge in [-0.25, -0.2) is 0 Å². The second-order valence-electron chi connectivity index (χ2n) is 3.56. The van der Waals surface area contributed by atoms with E-state index in [-0.39, 0.29) is 19.1 Å². The SMILES string of the molecule is COCCOCC(=O)Nc1ccc(OCC#N)cc1. The zero-order chi connectivity index (χ0) is 13.9. The van der Waals surface area contributed by atoms with Gasteiger partial charge in [-0.3, -0.25) is 4.79 Å². The van der Waals surface area contributed by atoms with E-state index in [1.165, 1.54) is 0 Å². The summed E-state index contributed by atoms with van der Waals surface area (Å²) in [6.45, 7) is 0.818. The van der Waals surface area contributed by atoms with Crippen LogP contribution >= 0.6 is 0 Å². The van der Waals surface area contributed by atoms with Crippen molar-refractivity contribution < 1.29 is 19.0 Å². The van der Waals surface area contributed by atoms with Gasteiger partial charge in [0.2, 0.25) is 5.91 Å². The molecule has 1 aromatic carbocycles. The van der Waals surface area contributed by atoms with Crippen molar-refractivity contribution in [1.82, 2.24) is 0 Å². The largest absolute Gasteiger partial charge is 0.479 e.